The van der Waals surface area contributed by atoms with Crippen LogP contribution in [0.1, 0.15) is 30.4 Å². The van der Waals surface area contributed by atoms with Crippen molar-refractivity contribution in [3.8, 4) is 0 Å². The molecule has 1 N–H and O–H groups in total. The molecule has 132 valence electrons. The molecule has 3 atom stereocenters. The number of hydrogen-bond acceptors (Lipinski definition) is 3. The summed E-state index contributed by atoms with van der Waals surface area (Å²) >= 11 is 0. The molecule has 2 heterocycles. The van der Waals surface area contributed by atoms with Gasteiger partial charge in [-0.2, -0.15) is 0 Å². The highest BCUT2D eigenvalue weighted by Crippen LogP contribution is 2.48. The van der Waals surface area contributed by atoms with Gasteiger partial charge in [0.2, 0.25) is 0 Å². The molecule has 1 saturated carbocycles. The van der Waals surface area contributed by atoms with Gasteiger partial charge in [-0.3, -0.25) is 9.88 Å². The molecule has 0 bridgehead atoms. The van der Waals surface area contributed by atoms with Crippen LogP contribution in [0.5, 0.6) is 0 Å². The summed E-state index contributed by atoms with van der Waals surface area (Å²) in [6.45, 7) is 2.22. The maximum absolute atomic E-state index is 13.5. The van der Waals surface area contributed by atoms with Gasteiger partial charge in [0, 0.05) is 43.5 Å². The molecule has 1 saturated heterocycles. The number of likely N-dealkylation sites (tertiary alicyclic amines) is 1. The second-order valence-corrected chi connectivity index (χ2v) is 7.37. The van der Waals surface area contributed by atoms with Crippen molar-refractivity contribution in [2.75, 3.05) is 13.1 Å². The van der Waals surface area contributed by atoms with Crippen LogP contribution >= 0.6 is 0 Å². The first-order valence-electron chi connectivity index (χ1n) is 8.85. The largest absolute Gasteiger partial charge is 0.385 e. The van der Waals surface area contributed by atoms with Crippen LogP contribution < -0.4 is 0 Å². The summed E-state index contributed by atoms with van der Waals surface area (Å²) in [4.78, 5) is 6.42. The van der Waals surface area contributed by atoms with Crippen LogP contribution in [0, 0.1) is 23.5 Å². The lowest BCUT2D eigenvalue weighted by atomic mass is 9.68. The third kappa shape index (κ3) is 3.07. The third-order valence-electron chi connectivity index (χ3n) is 5.81. The van der Waals surface area contributed by atoms with E-state index in [2.05, 4.69) is 9.88 Å². The molecular formula is C20H22F2N2O. The summed E-state index contributed by atoms with van der Waals surface area (Å²) in [5.41, 5.74) is 0.807. The summed E-state index contributed by atoms with van der Waals surface area (Å²) in [7, 11) is 0. The molecule has 2 fully saturated rings. The minimum atomic E-state index is -0.847. The highest BCUT2D eigenvalue weighted by atomic mass is 19.2. The number of pyridine rings is 1. The fourth-order valence-corrected chi connectivity index (χ4v) is 4.62. The van der Waals surface area contributed by atoms with E-state index in [4.69, 9.17) is 0 Å². The fraction of sp³-hybridized carbons (Fsp3) is 0.450. The van der Waals surface area contributed by atoms with E-state index in [-0.39, 0.29) is 5.92 Å². The minimum absolute atomic E-state index is 0.149. The number of rotatable bonds is 3. The van der Waals surface area contributed by atoms with Gasteiger partial charge in [0.05, 0.1) is 5.60 Å². The van der Waals surface area contributed by atoms with Crippen molar-refractivity contribution in [3.05, 3.63) is 65.5 Å². The maximum Gasteiger partial charge on any atom is 0.159 e. The first-order valence-corrected chi connectivity index (χ1v) is 8.85. The summed E-state index contributed by atoms with van der Waals surface area (Å²) in [6.07, 6.45) is 6.32. The molecule has 0 radical (unpaired) electrons. The van der Waals surface area contributed by atoms with E-state index < -0.39 is 17.2 Å². The van der Waals surface area contributed by atoms with Crippen LogP contribution in [0.3, 0.4) is 0 Å². The Labute approximate surface area is 146 Å². The van der Waals surface area contributed by atoms with Gasteiger partial charge in [-0.15, -0.1) is 0 Å². The van der Waals surface area contributed by atoms with Crippen molar-refractivity contribution in [1.82, 2.24) is 9.88 Å². The number of benzene rings is 1. The van der Waals surface area contributed by atoms with E-state index in [0.717, 1.165) is 43.5 Å². The number of hydrogen-bond donors (Lipinski definition) is 1. The van der Waals surface area contributed by atoms with E-state index in [0.29, 0.717) is 12.5 Å². The molecule has 5 heteroatoms. The van der Waals surface area contributed by atoms with E-state index in [1.54, 1.807) is 18.5 Å². The highest BCUT2D eigenvalue weighted by molar-refractivity contribution is 5.23. The number of aliphatic hydroxyl groups is 1. The maximum atomic E-state index is 13.5. The lowest BCUT2D eigenvalue weighted by molar-refractivity contribution is -0.0650. The Morgan fingerprint density at radius 1 is 1.20 bits per heavy atom. The van der Waals surface area contributed by atoms with Crippen molar-refractivity contribution < 1.29 is 13.9 Å². The third-order valence-corrected chi connectivity index (χ3v) is 5.81. The van der Waals surface area contributed by atoms with Crippen molar-refractivity contribution in [2.24, 2.45) is 11.8 Å². The van der Waals surface area contributed by atoms with Crippen molar-refractivity contribution in [2.45, 2.75) is 31.4 Å². The molecule has 2 aromatic rings. The molecule has 4 rings (SSSR count). The zero-order valence-corrected chi connectivity index (χ0v) is 14.0. The molecule has 0 amide bonds. The zero-order chi connectivity index (χ0) is 17.4. The Balaban J connectivity index is 1.53. The number of fused-ring (bicyclic) bond motifs is 1. The van der Waals surface area contributed by atoms with Crippen molar-refractivity contribution in [1.29, 1.82) is 0 Å². The Kier molecular flexibility index (Phi) is 4.29. The van der Waals surface area contributed by atoms with Crippen molar-refractivity contribution in [3.63, 3.8) is 0 Å². The second-order valence-electron chi connectivity index (χ2n) is 7.37. The van der Waals surface area contributed by atoms with Gasteiger partial charge in [0.15, 0.2) is 11.6 Å². The summed E-state index contributed by atoms with van der Waals surface area (Å²) in [5, 5.41) is 11.4. The summed E-state index contributed by atoms with van der Waals surface area (Å²) in [5.74, 6) is -1.05. The van der Waals surface area contributed by atoms with Gasteiger partial charge in [-0.1, -0.05) is 12.1 Å². The van der Waals surface area contributed by atoms with Crippen LogP contribution in [0.4, 0.5) is 8.78 Å². The Morgan fingerprint density at radius 3 is 2.84 bits per heavy atom. The van der Waals surface area contributed by atoms with Gasteiger partial charge in [-0.05, 0) is 48.9 Å². The SMILES string of the molecule is O[C@]1(c2cccnc2)CCC[C@H]2CN(Cc3ccc(F)c(F)c3)C[C@H]21. The molecule has 1 aromatic carbocycles. The van der Waals surface area contributed by atoms with E-state index in [1.807, 2.05) is 12.1 Å². The molecule has 25 heavy (non-hydrogen) atoms. The standard InChI is InChI=1S/C20H22F2N2O/c21-18-6-5-14(9-19(18)22)11-24-12-15-3-1-7-20(25,17(15)13-24)16-4-2-8-23-10-16/h2,4-6,8-10,15,17,25H,1,3,7,11-13H2/t15-,17+,20-/m0/s1. The smallest absolute Gasteiger partial charge is 0.159 e. The molecular weight excluding hydrogens is 322 g/mol. The van der Waals surface area contributed by atoms with Crippen LogP contribution in [-0.4, -0.2) is 28.1 Å². The number of halogens is 2. The fourth-order valence-electron chi connectivity index (χ4n) is 4.62. The van der Waals surface area contributed by atoms with Crippen LogP contribution in [0.15, 0.2) is 42.7 Å². The van der Waals surface area contributed by atoms with Gasteiger partial charge in [-0.25, -0.2) is 8.78 Å². The lowest BCUT2D eigenvalue weighted by Crippen LogP contribution is -2.42. The number of aromatic nitrogens is 1. The average Bonchev–Trinajstić information content (AvgIpc) is 3.03. The molecule has 3 nitrogen and oxygen atoms in total. The van der Waals surface area contributed by atoms with Gasteiger partial charge in [0.25, 0.3) is 0 Å². The van der Waals surface area contributed by atoms with E-state index >= 15 is 0 Å². The molecule has 1 aromatic heterocycles. The zero-order valence-electron chi connectivity index (χ0n) is 14.0. The van der Waals surface area contributed by atoms with Crippen molar-refractivity contribution >= 4 is 0 Å². The molecule has 1 aliphatic carbocycles. The first kappa shape index (κ1) is 16.6. The quantitative estimate of drug-likeness (QED) is 0.926. The highest BCUT2D eigenvalue weighted by Gasteiger charge is 2.49. The average molecular weight is 344 g/mol. The van der Waals surface area contributed by atoms with Crippen LogP contribution in [0.25, 0.3) is 0 Å². The Bertz CT molecular complexity index is 755. The van der Waals surface area contributed by atoms with Gasteiger partial charge in [0.1, 0.15) is 0 Å². The van der Waals surface area contributed by atoms with Crippen LogP contribution in [-0.2, 0) is 12.1 Å². The summed E-state index contributed by atoms with van der Waals surface area (Å²) in [6, 6.07) is 7.90. The second kappa shape index (κ2) is 6.46. The van der Waals surface area contributed by atoms with Gasteiger partial charge >= 0.3 is 0 Å². The normalized spacial score (nSPS) is 29.6. The molecule has 1 aliphatic heterocycles. The lowest BCUT2D eigenvalue weighted by Gasteiger charge is -2.41. The van der Waals surface area contributed by atoms with Crippen LogP contribution in [0.2, 0.25) is 0 Å². The predicted octanol–water partition coefficient (Wildman–Crippen LogP) is 3.48. The molecule has 0 unspecified atom stereocenters. The Morgan fingerprint density at radius 2 is 2.08 bits per heavy atom. The number of nitrogens with zero attached hydrogens (tertiary/aromatic N) is 2. The topological polar surface area (TPSA) is 36.4 Å². The predicted molar refractivity (Wildman–Crippen MR) is 90.6 cm³/mol. The summed E-state index contributed by atoms with van der Waals surface area (Å²) < 4.78 is 26.6. The minimum Gasteiger partial charge on any atom is -0.385 e. The van der Waals surface area contributed by atoms with E-state index in [9.17, 15) is 13.9 Å². The monoisotopic (exact) mass is 344 g/mol. The van der Waals surface area contributed by atoms with Gasteiger partial charge < -0.3 is 5.11 Å². The van der Waals surface area contributed by atoms with E-state index in [1.165, 1.54) is 12.1 Å². The molecule has 2 aliphatic rings. The Hall–Kier alpha value is -1.85. The molecule has 0 spiro atoms. The first-order chi connectivity index (χ1) is 12.1.